The van der Waals surface area contributed by atoms with Gasteiger partial charge in [-0.2, -0.15) is 0 Å². The van der Waals surface area contributed by atoms with Crippen LogP contribution in [0.4, 0.5) is 4.39 Å². The first-order valence-corrected chi connectivity index (χ1v) is 5.86. The van der Waals surface area contributed by atoms with Crippen molar-refractivity contribution in [1.29, 1.82) is 0 Å². The number of nitrogens with one attached hydrogen (secondary N) is 1. The van der Waals surface area contributed by atoms with Gasteiger partial charge < -0.3 is 15.2 Å². The highest BCUT2D eigenvalue weighted by Gasteiger charge is 2.36. The van der Waals surface area contributed by atoms with Gasteiger partial charge in [0.25, 0.3) is 0 Å². The quantitative estimate of drug-likeness (QED) is 0.861. The lowest BCUT2D eigenvalue weighted by molar-refractivity contribution is -0.144. The van der Waals surface area contributed by atoms with E-state index in [4.69, 9.17) is 9.84 Å². The van der Waals surface area contributed by atoms with E-state index in [0.717, 1.165) is 0 Å². The third-order valence-electron chi connectivity index (χ3n) is 3.33. The smallest absolute Gasteiger partial charge is 0.308 e. The number of amides is 1. The zero-order chi connectivity index (χ0) is 14.0. The van der Waals surface area contributed by atoms with Gasteiger partial charge in [0.05, 0.1) is 13.0 Å². The summed E-state index contributed by atoms with van der Waals surface area (Å²) in [5, 5.41) is 11.6. The number of hydrogen-bond acceptors (Lipinski definition) is 3. The third kappa shape index (κ3) is 2.67. The maximum absolute atomic E-state index is 14.0. The predicted octanol–water partition coefficient (Wildman–Crippen LogP) is 1.14. The number of methoxy groups -OCH3 is 1. The van der Waals surface area contributed by atoms with Gasteiger partial charge in [0.2, 0.25) is 5.91 Å². The van der Waals surface area contributed by atoms with Crippen molar-refractivity contribution >= 4 is 11.9 Å². The fourth-order valence-electron chi connectivity index (χ4n) is 2.30. The highest BCUT2D eigenvalue weighted by molar-refractivity contribution is 5.82. The van der Waals surface area contributed by atoms with Gasteiger partial charge in [-0.25, -0.2) is 4.39 Å². The predicted molar refractivity (Wildman–Crippen MR) is 64.4 cm³/mol. The first kappa shape index (κ1) is 13.3. The molecule has 1 heterocycles. The Bertz CT molecular complexity index is 517. The van der Waals surface area contributed by atoms with E-state index in [-0.39, 0.29) is 24.4 Å². The Morgan fingerprint density at radius 1 is 1.53 bits per heavy atom. The molecule has 0 radical (unpaired) electrons. The zero-order valence-electron chi connectivity index (χ0n) is 10.4. The Balaban J connectivity index is 2.36. The average Bonchev–Trinajstić information content (AvgIpc) is 2.38. The lowest BCUT2D eigenvalue weighted by Gasteiger charge is -2.29. The van der Waals surface area contributed by atoms with E-state index < -0.39 is 23.6 Å². The number of hydrogen-bond donors (Lipinski definition) is 2. The van der Waals surface area contributed by atoms with Crippen molar-refractivity contribution in [1.82, 2.24) is 5.32 Å². The number of carboxylic acids is 1. The zero-order valence-corrected chi connectivity index (χ0v) is 10.4. The normalized spacial score (nSPS) is 22.7. The first-order valence-electron chi connectivity index (χ1n) is 5.86. The maximum Gasteiger partial charge on any atom is 0.308 e. The van der Waals surface area contributed by atoms with Crippen LogP contribution in [-0.2, 0) is 9.59 Å². The number of ether oxygens (including phenoxy) is 1. The number of benzene rings is 1. The van der Waals surface area contributed by atoms with Crippen LogP contribution in [0.25, 0.3) is 0 Å². The van der Waals surface area contributed by atoms with Crippen molar-refractivity contribution in [2.45, 2.75) is 12.3 Å². The standard InChI is InChI=1S/C13H14FNO4/c1-19-7-2-3-8(11(14)4-7)9-5-12(16)15-6-10(9)13(17)18/h2-4,9-10H,5-6H2,1H3,(H,15,16)(H,17,18)/t9-,10+/m1/s1. The van der Waals surface area contributed by atoms with E-state index in [1.807, 2.05) is 0 Å². The fourth-order valence-corrected chi connectivity index (χ4v) is 2.30. The summed E-state index contributed by atoms with van der Waals surface area (Å²) >= 11 is 0. The van der Waals surface area contributed by atoms with Gasteiger partial charge >= 0.3 is 5.97 Å². The molecule has 0 unspecified atom stereocenters. The number of aliphatic carboxylic acids is 1. The topological polar surface area (TPSA) is 75.6 Å². The van der Waals surface area contributed by atoms with E-state index in [1.54, 1.807) is 6.07 Å². The van der Waals surface area contributed by atoms with Crippen LogP contribution in [-0.4, -0.2) is 30.6 Å². The first-order chi connectivity index (χ1) is 9.02. The Hall–Kier alpha value is -2.11. The van der Waals surface area contributed by atoms with Crippen molar-refractivity contribution in [3.05, 3.63) is 29.6 Å². The van der Waals surface area contributed by atoms with Crippen LogP contribution < -0.4 is 10.1 Å². The molecular weight excluding hydrogens is 253 g/mol. The van der Waals surface area contributed by atoms with Gasteiger partial charge in [-0.05, 0) is 11.6 Å². The summed E-state index contributed by atoms with van der Waals surface area (Å²) in [6, 6.07) is 4.23. The van der Waals surface area contributed by atoms with Crippen molar-refractivity contribution in [2.75, 3.05) is 13.7 Å². The van der Waals surface area contributed by atoms with Gasteiger partial charge in [-0.3, -0.25) is 9.59 Å². The van der Waals surface area contributed by atoms with Crippen LogP contribution in [0.2, 0.25) is 0 Å². The second-order valence-corrected chi connectivity index (χ2v) is 4.45. The number of rotatable bonds is 3. The molecule has 0 spiro atoms. The third-order valence-corrected chi connectivity index (χ3v) is 3.33. The minimum atomic E-state index is -1.04. The molecule has 0 saturated carbocycles. The monoisotopic (exact) mass is 267 g/mol. The average molecular weight is 267 g/mol. The number of carbonyl (C=O) groups is 2. The van der Waals surface area contributed by atoms with Crippen molar-refractivity contribution in [2.24, 2.45) is 5.92 Å². The fraction of sp³-hybridized carbons (Fsp3) is 0.385. The van der Waals surface area contributed by atoms with E-state index in [1.165, 1.54) is 19.2 Å². The van der Waals surface area contributed by atoms with Gasteiger partial charge in [0.15, 0.2) is 0 Å². The highest BCUT2D eigenvalue weighted by atomic mass is 19.1. The van der Waals surface area contributed by atoms with Crippen molar-refractivity contribution in [3.8, 4) is 5.75 Å². The molecule has 0 aromatic heterocycles. The summed E-state index contributed by atoms with van der Waals surface area (Å²) in [6.07, 6.45) is -0.0276. The van der Waals surface area contributed by atoms with E-state index in [2.05, 4.69) is 5.32 Å². The summed E-state index contributed by atoms with van der Waals surface area (Å²) in [7, 11) is 1.42. The summed E-state index contributed by atoms with van der Waals surface area (Å²) in [5.74, 6) is -2.98. The molecule has 5 nitrogen and oxygen atoms in total. The highest BCUT2D eigenvalue weighted by Crippen LogP contribution is 2.33. The SMILES string of the molecule is COc1ccc([C@H]2CC(=O)NC[C@@H]2C(=O)O)c(F)c1. The van der Waals surface area contributed by atoms with Crippen molar-refractivity contribution in [3.63, 3.8) is 0 Å². The summed E-state index contributed by atoms with van der Waals surface area (Å²) in [6.45, 7) is 0.0182. The molecule has 1 fully saturated rings. The van der Waals surface area contributed by atoms with E-state index in [9.17, 15) is 14.0 Å². The lowest BCUT2D eigenvalue weighted by Crippen LogP contribution is -2.43. The Labute approximate surface area is 109 Å². The molecule has 1 aliphatic rings. The summed E-state index contributed by atoms with van der Waals surface area (Å²) in [4.78, 5) is 22.6. The number of carboxylic acid groups (broad SMARTS) is 1. The molecule has 1 aliphatic heterocycles. The van der Waals surface area contributed by atoms with E-state index in [0.29, 0.717) is 5.75 Å². The van der Waals surface area contributed by atoms with Gasteiger partial charge in [-0.1, -0.05) is 6.07 Å². The van der Waals surface area contributed by atoms with Gasteiger partial charge in [0, 0.05) is 24.9 Å². The van der Waals surface area contributed by atoms with Gasteiger partial charge in [-0.15, -0.1) is 0 Å². The van der Waals surface area contributed by atoms with Crippen LogP contribution in [0.1, 0.15) is 17.9 Å². The summed E-state index contributed by atoms with van der Waals surface area (Å²) < 4.78 is 18.9. The molecule has 1 amide bonds. The van der Waals surface area contributed by atoms with Crippen LogP contribution in [0.3, 0.4) is 0 Å². The molecule has 1 aromatic carbocycles. The number of carbonyl (C=O) groups excluding carboxylic acids is 1. The maximum atomic E-state index is 14.0. The second kappa shape index (κ2) is 5.26. The van der Waals surface area contributed by atoms with Crippen LogP contribution in [0.15, 0.2) is 18.2 Å². The van der Waals surface area contributed by atoms with Crippen LogP contribution >= 0.6 is 0 Å². The summed E-state index contributed by atoms with van der Waals surface area (Å²) in [5.41, 5.74) is 0.239. The molecule has 2 atom stereocenters. The number of halogens is 1. The molecule has 1 aromatic rings. The largest absolute Gasteiger partial charge is 0.497 e. The van der Waals surface area contributed by atoms with Crippen LogP contribution in [0, 0.1) is 11.7 Å². The molecule has 1 saturated heterocycles. The molecule has 0 bridgehead atoms. The van der Waals surface area contributed by atoms with Crippen molar-refractivity contribution < 1.29 is 23.8 Å². The minimum Gasteiger partial charge on any atom is -0.497 e. The molecule has 2 rings (SSSR count). The minimum absolute atomic E-state index is 0.0182. The lowest BCUT2D eigenvalue weighted by atomic mass is 9.80. The Kier molecular flexibility index (Phi) is 3.69. The number of piperidine rings is 1. The molecule has 6 heteroatoms. The van der Waals surface area contributed by atoms with E-state index >= 15 is 0 Å². The molecule has 19 heavy (non-hydrogen) atoms. The van der Waals surface area contributed by atoms with Gasteiger partial charge in [0.1, 0.15) is 11.6 Å². The second-order valence-electron chi connectivity index (χ2n) is 4.45. The molecular formula is C13H14FNO4. The van der Waals surface area contributed by atoms with Crippen LogP contribution in [0.5, 0.6) is 5.75 Å². The Morgan fingerprint density at radius 3 is 2.84 bits per heavy atom. The Morgan fingerprint density at radius 2 is 2.26 bits per heavy atom. The molecule has 2 N–H and O–H groups in total. The molecule has 102 valence electrons. The molecule has 0 aliphatic carbocycles.